The molecule has 18 heavy (non-hydrogen) atoms. The van der Waals surface area contributed by atoms with Crippen molar-refractivity contribution in [2.75, 3.05) is 6.54 Å². The fourth-order valence-electron chi connectivity index (χ4n) is 1.25. The zero-order valence-electron chi connectivity index (χ0n) is 10.00. The Morgan fingerprint density at radius 1 is 1.56 bits per heavy atom. The van der Waals surface area contributed by atoms with Gasteiger partial charge in [0.15, 0.2) is 0 Å². The molecule has 1 aromatic heterocycles. The van der Waals surface area contributed by atoms with Gasteiger partial charge < -0.3 is 5.11 Å². The first-order valence-electron chi connectivity index (χ1n) is 5.53. The fourth-order valence-corrected chi connectivity index (χ4v) is 2.24. The maximum atomic E-state index is 11.8. The molecule has 0 saturated heterocycles. The Morgan fingerprint density at radius 3 is 2.78 bits per heavy atom. The third-order valence-corrected chi connectivity index (χ3v) is 3.85. The molecule has 1 aromatic rings. The minimum Gasteiger partial charge on any atom is -0.393 e. The molecule has 7 heteroatoms. The summed E-state index contributed by atoms with van der Waals surface area (Å²) < 4.78 is 25.9. The van der Waals surface area contributed by atoms with Crippen molar-refractivity contribution in [3.8, 4) is 6.07 Å². The number of aliphatic hydroxyl groups is 1. The number of hydrogen-bond donors (Lipinski definition) is 2. The lowest BCUT2D eigenvalue weighted by Crippen LogP contribution is -2.27. The number of hydrogen-bond acceptors (Lipinski definition) is 5. The van der Waals surface area contributed by atoms with Crippen LogP contribution < -0.4 is 4.72 Å². The van der Waals surface area contributed by atoms with Gasteiger partial charge in [-0.2, -0.15) is 5.26 Å². The van der Waals surface area contributed by atoms with Gasteiger partial charge in [0.1, 0.15) is 16.7 Å². The summed E-state index contributed by atoms with van der Waals surface area (Å²) in [7, 11) is -3.62. The number of aromatic nitrogens is 1. The Morgan fingerprint density at radius 2 is 2.28 bits per heavy atom. The minimum absolute atomic E-state index is 0.00693. The number of nitrogens with zero attached hydrogens (tertiary/aromatic N) is 2. The number of sulfonamides is 1. The molecule has 0 aliphatic carbocycles. The van der Waals surface area contributed by atoms with Crippen LogP contribution in [0.4, 0.5) is 0 Å². The van der Waals surface area contributed by atoms with Gasteiger partial charge in [0.05, 0.1) is 6.10 Å². The van der Waals surface area contributed by atoms with Crippen LogP contribution in [0.15, 0.2) is 23.2 Å². The first-order valence-corrected chi connectivity index (χ1v) is 7.01. The largest absolute Gasteiger partial charge is 0.393 e. The molecule has 0 fully saturated rings. The van der Waals surface area contributed by atoms with Gasteiger partial charge in [-0.05, 0) is 25.0 Å². The highest BCUT2D eigenvalue weighted by molar-refractivity contribution is 7.89. The van der Waals surface area contributed by atoms with Crippen molar-refractivity contribution in [1.82, 2.24) is 9.71 Å². The van der Waals surface area contributed by atoms with Crippen molar-refractivity contribution >= 4 is 10.0 Å². The van der Waals surface area contributed by atoms with E-state index in [1.54, 1.807) is 0 Å². The van der Waals surface area contributed by atoms with Gasteiger partial charge in [-0.1, -0.05) is 6.92 Å². The zero-order valence-corrected chi connectivity index (χ0v) is 10.8. The third-order valence-electron chi connectivity index (χ3n) is 2.40. The lowest BCUT2D eigenvalue weighted by molar-refractivity contribution is 0.162. The van der Waals surface area contributed by atoms with E-state index >= 15 is 0 Å². The molecule has 1 atom stereocenters. The second-order valence-electron chi connectivity index (χ2n) is 3.74. The van der Waals surface area contributed by atoms with E-state index in [0.29, 0.717) is 12.8 Å². The van der Waals surface area contributed by atoms with Gasteiger partial charge in [0.25, 0.3) is 0 Å². The van der Waals surface area contributed by atoms with Crippen molar-refractivity contribution in [3.63, 3.8) is 0 Å². The molecular weight excluding hydrogens is 254 g/mol. The number of aliphatic hydroxyl groups excluding tert-OH is 1. The average molecular weight is 269 g/mol. The highest BCUT2D eigenvalue weighted by atomic mass is 32.2. The molecule has 2 N–H and O–H groups in total. The molecule has 6 nitrogen and oxygen atoms in total. The topological polar surface area (TPSA) is 103 Å². The molecule has 0 bridgehead atoms. The van der Waals surface area contributed by atoms with Crippen molar-refractivity contribution in [3.05, 3.63) is 24.0 Å². The van der Waals surface area contributed by atoms with Gasteiger partial charge in [-0.3, -0.25) is 0 Å². The molecule has 0 radical (unpaired) electrons. The molecule has 1 heterocycles. The Hall–Kier alpha value is -1.49. The standard InChI is InChI=1S/C11H15N3O3S/c1-2-10(15)5-6-14-18(16,17)11-4-3-9(7-12)13-8-11/h3-4,8,10,14-15H,2,5-6H2,1H3. The van der Waals surface area contributed by atoms with Crippen LogP contribution >= 0.6 is 0 Å². The van der Waals surface area contributed by atoms with E-state index in [1.807, 2.05) is 13.0 Å². The highest BCUT2D eigenvalue weighted by Crippen LogP contribution is 2.07. The summed E-state index contributed by atoms with van der Waals surface area (Å²) in [5.41, 5.74) is 0.162. The van der Waals surface area contributed by atoms with Gasteiger partial charge in [0.2, 0.25) is 10.0 Å². The van der Waals surface area contributed by atoms with Crippen LogP contribution in [0, 0.1) is 11.3 Å². The van der Waals surface area contributed by atoms with Gasteiger partial charge in [-0.25, -0.2) is 18.1 Å². The number of pyridine rings is 1. The van der Waals surface area contributed by atoms with Crippen LogP contribution in [0.2, 0.25) is 0 Å². The molecule has 1 rings (SSSR count). The normalized spacial score (nSPS) is 12.9. The summed E-state index contributed by atoms with van der Waals surface area (Å²) in [6.45, 7) is 1.99. The number of nitriles is 1. The van der Waals surface area contributed by atoms with Crippen LogP contribution in [0.25, 0.3) is 0 Å². The van der Waals surface area contributed by atoms with E-state index in [0.717, 1.165) is 6.20 Å². The van der Waals surface area contributed by atoms with E-state index in [4.69, 9.17) is 5.26 Å². The molecule has 0 saturated carbocycles. The van der Waals surface area contributed by atoms with E-state index in [1.165, 1.54) is 12.1 Å². The van der Waals surface area contributed by atoms with Crippen LogP contribution in [0.5, 0.6) is 0 Å². The fraction of sp³-hybridized carbons (Fsp3) is 0.455. The van der Waals surface area contributed by atoms with Crippen molar-refractivity contribution in [2.45, 2.75) is 30.8 Å². The Labute approximate surface area is 106 Å². The van der Waals surface area contributed by atoms with Gasteiger partial charge in [0, 0.05) is 12.7 Å². The summed E-state index contributed by atoms with van der Waals surface area (Å²) in [5, 5.41) is 17.9. The monoisotopic (exact) mass is 269 g/mol. The van der Waals surface area contributed by atoms with Crippen molar-refractivity contribution < 1.29 is 13.5 Å². The lowest BCUT2D eigenvalue weighted by atomic mass is 10.2. The minimum atomic E-state index is -3.62. The van der Waals surface area contributed by atoms with E-state index in [-0.39, 0.29) is 17.1 Å². The Balaban J connectivity index is 2.66. The summed E-state index contributed by atoms with van der Waals surface area (Å²) in [4.78, 5) is 3.70. The second kappa shape index (κ2) is 6.44. The maximum absolute atomic E-state index is 11.8. The quantitative estimate of drug-likeness (QED) is 0.777. The van der Waals surface area contributed by atoms with Gasteiger partial charge in [-0.15, -0.1) is 0 Å². The lowest BCUT2D eigenvalue weighted by Gasteiger charge is -2.09. The summed E-state index contributed by atoms with van der Waals surface area (Å²) in [6.07, 6.45) is 1.57. The third kappa shape index (κ3) is 4.07. The van der Waals surface area contributed by atoms with Crippen LogP contribution in [0.1, 0.15) is 25.5 Å². The van der Waals surface area contributed by atoms with Gasteiger partial charge >= 0.3 is 0 Å². The average Bonchev–Trinajstić information content (AvgIpc) is 2.38. The zero-order chi connectivity index (χ0) is 13.6. The van der Waals surface area contributed by atoms with Crippen molar-refractivity contribution in [2.24, 2.45) is 0 Å². The number of rotatable bonds is 6. The Kier molecular flexibility index (Phi) is 5.22. The summed E-state index contributed by atoms with van der Waals surface area (Å²) in [5.74, 6) is 0. The summed E-state index contributed by atoms with van der Waals surface area (Å²) in [6, 6.07) is 4.48. The molecule has 0 aliphatic rings. The van der Waals surface area contributed by atoms with Crippen LogP contribution in [0.3, 0.4) is 0 Å². The van der Waals surface area contributed by atoms with Crippen molar-refractivity contribution in [1.29, 1.82) is 5.26 Å². The molecular formula is C11H15N3O3S. The van der Waals surface area contributed by atoms with E-state index in [2.05, 4.69) is 9.71 Å². The SMILES string of the molecule is CCC(O)CCNS(=O)(=O)c1ccc(C#N)nc1. The molecule has 98 valence electrons. The molecule has 0 aromatic carbocycles. The highest BCUT2D eigenvalue weighted by Gasteiger charge is 2.14. The smallest absolute Gasteiger partial charge is 0.242 e. The predicted octanol–water partition coefficient (Wildman–Crippen LogP) is 0.393. The molecule has 0 aliphatic heterocycles. The van der Waals surface area contributed by atoms with Crippen LogP contribution in [-0.2, 0) is 10.0 Å². The maximum Gasteiger partial charge on any atom is 0.242 e. The summed E-state index contributed by atoms with van der Waals surface area (Å²) >= 11 is 0. The predicted molar refractivity (Wildman–Crippen MR) is 65.1 cm³/mol. The first-order chi connectivity index (χ1) is 8.49. The Bertz CT molecular complexity index is 519. The molecule has 1 unspecified atom stereocenters. The molecule has 0 spiro atoms. The first kappa shape index (κ1) is 14.6. The molecule has 0 amide bonds. The number of nitrogens with one attached hydrogen (secondary N) is 1. The van der Waals surface area contributed by atoms with Crippen LogP contribution in [-0.4, -0.2) is 31.2 Å². The second-order valence-corrected chi connectivity index (χ2v) is 5.51. The van der Waals surface area contributed by atoms with E-state index in [9.17, 15) is 13.5 Å². The van der Waals surface area contributed by atoms with E-state index < -0.39 is 16.1 Å².